The number of halogens is 3. The molecule has 49 heavy (non-hydrogen) atoms. The van der Waals surface area contributed by atoms with Crippen LogP contribution in [-0.2, 0) is 16.1 Å². The number of carbonyl (C=O) groups excluding carboxylic acids is 1. The van der Waals surface area contributed by atoms with Crippen molar-refractivity contribution >= 4 is 68.2 Å². The van der Waals surface area contributed by atoms with Crippen LogP contribution in [-0.4, -0.2) is 31.4 Å². The summed E-state index contributed by atoms with van der Waals surface area (Å²) in [5.41, 5.74) is 3.25. The minimum absolute atomic E-state index is 0.148. The highest BCUT2D eigenvalue weighted by atomic mass is 79.9. The van der Waals surface area contributed by atoms with Crippen LogP contribution in [0.5, 0.6) is 17.2 Å². The monoisotopic (exact) mass is 778 g/mol. The number of hydrogen-bond donors (Lipinski definition) is 0. The molecule has 0 aliphatic carbocycles. The van der Waals surface area contributed by atoms with Crippen molar-refractivity contribution in [1.29, 1.82) is 0 Å². The molecule has 1 aliphatic rings. The number of methoxy groups -OCH3 is 2. The van der Waals surface area contributed by atoms with E-state index in [9.17, 15) is 9.59 Å². The molecular weight excluding hydrogens is 751 g/mol. The van der Waals surface area contributed by atoms with Gasteiger partial charge in [0, 0.05) is 21.2 Å². The maximum Gasteiger partial charge on any atom is 0.338 e. The standard InChI is InChI=1S/C37H29BrCl2N2O6S/c1-4-47-36(44)32-33(22-8-6-5-7-9-22)41-37-42(34(32)23-12-15-29(45-2)30(18-23)46-3)35(43)31(49-37)17-21-10-14-28(26(38)16-21)48-20-24-11-13-25(39)19-27(24)40/h5-19,34H,4,20H2,1-3H3/b31-17-/t34-/m0/s1. The Kier molecular flexibility index (Phi) is 10.6. The van der Waals surface area contributed by atoms with Gasteiger partial charge in [-0.2, -0.15) is 0 Å². The van der Waals surface area contributed by atoms with E-state index in [1.807, 2.05) is 60.7 Å². The zero-order valence-electron chi connectivity index (χ0n) is 26.5. The van der Waals surface area contributed by atoms with E-state index in [-0.39, 0.29) is 24.3 Å². The van der Waals surface area contributed by atoms with Crippen LogP contribution in [0, 0.1) is 0 Å². The van der Waals surface area contributed by atoms with Crippen LogP contribution in [0.25, 0.3) is 11.8 Å². The van der Waals surface area contributed by atoms with E-state index >= 15 is 0 Å². The third-order valence-electron chi connectivity index (χ3n) is 7.75. The number of fused-ring (bicyclic) bond motifs is 1. The van der Waals surface area contributed by atoms with Gasteiger partial charge in [-0.1, -0.05) is 83.1 Å². The summed E-state index contributed by atoms with van der Waals surface area (Å²) in [5.74, 6) is 0.996. The summed E-state index contributed by atoms with van der Waals surface area (Å²) in [5, 5.41) is 1.07. The molecule has 0 saturated carbocycles. The molecule has 0 fully saturated rings. The molecule has 0 spiro atoms. The lowest BCUT2D eigenvalue weighted by atomic mass is 9.93. The first-order valence-corrected chi connectivity index (χ1v) is 17.5. The minimum Gasteiger partial charge on any atom is -0.493 e. The highest BCUT2D eigenvalue weighted by Gasteiger charge is 2.35. The van der Waals surface area contributed by atoms with Gasteiger partial charge in [-0.15, -0.1) is 0 Å². The third kappa shape index (κ3) is 7.19. The average molecular weight is 781 g/mol. The topological polar surface area (TPSA) is 88.4 Å². The molecule has 0 bridgehead atoms. The largest absolute Gasteiger partial charge is 0.493 e. The van der Waals surface area contributed by atoms with Crippen molar-refractivity contribution in [2.75, 3.05) is 20.8 Å². The summed E-state index contributed by atoms with van der Waals surface area (Å²) < 4.78 is 25.3. The van der Waals surface area contributed by atoms with E-state index in [4.69, 9.17) is 47.1 Å². The Balaban J connectivity index is 1.47. The zero-order chi connectivity index (χ0) is 34.7. The molecule has 0 N–H and O–H groups in total. The van der Waals surface area contributed by atoms with E-state index in [2.05, 4.69) is 15.9 Å². The lowest BCUT2D eigenvalue weighted by molar-refractivity contribution is -0.138. The van der Waals surface area contributed by atoms with Gasteiger partial charge >= 0.3 is 5.97 Å². The van der Waals surface area contributed by atoms with Gasteiger partial charge in [-0.3, -0.25) is 9.36 Å². The van der Waals surface area contributed by atoms with Gasteiger partial charge in [0.05, 0.1) is 47.1 Å². The molecule has 8 nitrogen and oxygen atoms in total. The fraction of sp³-hybridized carbons (Fsp3) is 0.162. The Hall–Kier alpha value is -4.35. The van der Waals surface area contributed by atoms with Gasteiger partial charge in [-0.05, 0) is 76.5 Å². The zero-order valence-corrected chi connectivity index (χ0v) is 30.5. The van der Waals surface area contributed by atoms with Gasteiger partial charge in [-0.25, -0.2) is 9.79 Å². The summed E-state index contributed by atoms with van der Waals surface area (Å²) in [7, 11) is 3.08. The van der Waals surface area contributed by atoms with Crippen LogP contribution < -0.4 is 29.1 Å². The number of thiazole rings is 1. The van der Waals surface area contributed by atoms with E-state index in [1.165, 1.54) is 18.4 Å². The van der Waals surface area contributed by atoms with Crippen molar-refractivity contribution in [2.24, 2.45) is 4.99 Å². The van der Waals surface area contributed by atoms with Gasteiger partial charge in [0.1, 0.15) is 12.4 Å². The van der Waals surface area contributed by atoms with Gasteiger partial charge in [0.2, 0.25) is 0 Å². The van der Waals surface area contributed by atoms with Crippen molar-refractivity contribution in [3.05, 3.63) is 147 Å². The smallest absolute Gasteiger partial charge is 0.338 e. The predicted octanol–water partition coefficient (Wildman–Crippen LogP) is 7.60. The summed E-state index contributed by atoms with van der Waals surface area (Å²) >= 11 is 17.2. The Morgan fingerprint density at radius 2 is 1.71 bits per heavy atom. The first-order chi connectivity index (χ1) is 23.7. The second-order valence-corrected chi connectivity index (χ2v) is 13.5. The van der Waals surface area contributed by atoms with Crippen molar-refractivity contribution in [1.82, 2.24) is 4.57 Å². The molecule has 0 saturated heterocycles. The highest BCUT2D eigenvalue weighted by molar-refractivity contribution is 9.10. The first kappa shape index (κ1) is 34.5. The maximum absolute atomic E-state index is 14.3. The van der Waals surface area contributed by atoms with E-state index in [0.29, 0.717) is 57.9 Å². The second-order valence-electron chi connectivity index (χ2n) is 10.8. The Morgan fingerprint density at radius 1 is 0.959 bits per heavy atom. The number of nitrogens with zero attached hydrogens (tertiary/aromatic N) is 2. The van der Waals surface area contributed by atoms with Crippen LogP contribution >= 0.6 is 50.5 Å². The maximum atomic E-state index is 14.3. The van der Waals surface area contributed by atoms with Crippen molar-refractivity contribution in [2.45, 2.75) is 19.6 Å². The molecule has 5 aromatic rings. The molecule has 0 amide bonds. The summed E-state index contributed by atoms with van der Waals surface area (Å²) in [4.78, 5) is 33.4. The fourth-order valence-electron chi connectivity index (χ4n) is 5.45. The van der Waals surface area contributed by atoms with Crippen molar-refractivity contribution < 1.29 is 23.7 Å². The Labute approximate surface area is 304 Å². The van der Waals surface area contributed by atoms with Crippen molar-refractivity contribution in [3.8, 4) is 17.2 Å². The minimum atomic E-state index is -0.866. The number of esters is 1. The molecule has 250 valence electrons. The lowest BCUT2D eigenvalue weighted by Gasteiger charge is -2.26. The molecular formula is C37H29BrCl2N2O6S. The normalized spacial score (nSPS) is 14.2. The van der Waals surface area contributed by atoms with Crippen LogP contribution in [0.4, 0.5) is 0 Å². The highest BCUT2D eigenvalue weighted by Crippen LogP contribution is 2.38. The Bertz CT molecular complexity index is 2270. The fourth-order valence-corrected chi connectivity index (χ4v) is 7.42. The number of hydrogen-bond acceptors (Lipinski definition) is 8. The Morgan fingerprint density at radius 3 is 2.41 bits per heavy atom. The number of benzene rings is 4. The number of aromatic nitrogens is 1. The molecule has 2 heterocycles. The molecule has 4 aromatic carbocycles. The molecule has 1 aromatic heterocycles. The van der Waals surface area contributed by atoms with E-state index in [0.717, 1.165) is 11.1 Å². The van der Waals surface area contributed by atoms with Crippen LogP contribution in [0.15, 0.2) is 105 Å². The third-order valence-corrected chi connectivity index (χ3v) is 9.94. The second kappa shape index (κ2) is 15.0. The van der Waals surface area contributed by atoms with Crippen molar-refractivity contribution in [3.63, 3.8) is 0 Å². The van der Waals surface area contributed by atoms with Crippen LogP contribution in [0.2, 0.25) is 10.0 Å². The molecule has 1 aliphatic heterocycles. The summed E-state index contributed by atoms with van der Waals surface area (Å²) in [6.45, 7) is 2.13. The van der Waals surface area contributed by atoms with E-state index < -0.39 is 12.0 Å². The quantitative estimate of drug-likeness (QED) is 0.136. The van der Waals surface area contributed by atoms with E-state index in [1.54, 1.807) is 48.9 Å². The van der Waals surface area contributed by atoms with Gasteiger partial charge < -0.3 is 18.9 Å². The van der Waals surface area contributed by atoms with Gasteiger partial charge in [0.25, 0.3) is 5.56 Å². The molecule has 0 radical (unpaired) electrons. The van der Waals surface area contributed by atoms with Crippen LogP contribution in [0.3, 0.4) is 0 Å². The SMILES string of the molecule is CCOC(=O)C1=C(c2ccccc2)N=c2s/c(=C\c3ccc(OCc4ccc(Cl)cc4Cl)c(Br)c3)c(=O)n2[C@H]1c1ccc(OC)c(OC)c1. The molecule has 12 heteroatoms. The van der Waals surface area contributed by atoms with Crippen LogP contribution in [0.1, 0.15) is 35.2 Å². The molecule has 6 rings (SSSR count). The average Bonchev–Trinajstić information content (AvgIpc) is 3.41. The van der Waals surface area contributed by atoms with Gasteiger partial charge in [0.15, 0.2) is 16.3 Å². The number of ether oxygens (including phenoxy) is 4. The first-order valence-electron chi connectivity index (χ1n) is 15.1. The summed E-state index contributed by atoms with van der Waals surface area (Å²) in [6.07, 6.45) is 1.79. The molecule has 0 unspecified atom stereocenters. The lowest BCUT2D eigenvalue weighted by Crippen LogP contribution is -2.40. The number of rotatable bonds is 10. The predicted molar refractivity (Wildman–Crippen MR) is 196 cm³/mol. The molecule has 1 atom stereocenters. The summed E-state index contributed by atoms with van der Waals surface area (Å²) in [6, 6.07) is 24.6. The number of carbonyl (C=O) groups is 1.